The molecule has 1 aliphatic rings. The number of nitrogens with zero attached hydrogens (tertiary/aromatic N) is 5. The summed E-state index contributed by atoms with van der Waals surface area (Å²) in [6.07, 6.45) is 10.2. The van der Waals surface area contributed by atoms with E-state index in [0.29, 0.717) is 17.7 Å². The minimum Gasteiger partial charge on any atom is -0.337 e. The average molecular weight is 347 g/mol. The maximum absolute atomic E-state index is 12.3. The molecule has 26 heavy (non-hydrogen) atoms. The SMILES string of the molecule is O=C1c2ccccc2C(=O)N1CCCCn1cnc(-c2cncnc2)c1. The summed E-state index contributed by atoms with van der Waals surface area (Å²) in [4.78, 5) is 38.3. The smallest absolute Gasteiger partial charge is 0.261 e. The number of amides is 2. The molecule has 0 spiro atoms. The van der Waals surface area contributed by atoms with Gasteiger partial charge in [-0.05, 0) is 25.0 Å². The van der Waals surface area contributed by atoms with Gasteiger partial charge in [0.2, 0.25) is 0 Å². The number of imide groups is 1. The second-order valence-corrected chi connectivity index (χ2v) is 6.14. The van der Waals surface area contributed by atoms with E-state index in [4.69, 9.17) is 0 Å². The van der Waals surface area contributed by atoms with Gasteiger partial charge in [0.25, 0.3) is 11.8 Å². The van der Waals surface area contributed by atoms with Crippen molar-refractivity contribution in [3.8, 4) is 11.3 Å². The van der Waals surface area contributed by atoms with Gasteiger partial charge in [-0.15, -0.1) is 0 Å². The molecule has 3 aromatic rings. The molecule has 130 valence electrons. The summed E-state index contributed by atoms with van der Waals surface area (Å²) in [7, 11) is 0. The Balaban J connectivity index is 1.31. The van der Waals surface area contributed by atoms with Crippen molar-refractivity contribution >= 4 is 11.8 Å². The molecule has 1 aromatic carbocycles. The van der Waals surface area contributed by atoms with Crippen molar-refractivity contribution in [2.45, 2.75) is 19.4 Å². The molecule has 1 aliphatic heterocycles. The molecule has 0 saturated heterocycles. The molecule has 0 N–H and O–H groups in total. The second-order valence-electron chi connectivity index (χ2n) is 6.14. The molecule has 0 bridgehead atoms. The lowest BCUT2D eigenvalue weighted by Gasteiger charge is -2.13. The maximum atomic E-state index is 12.3. The fourth-order valence-electron chi connectivity index (χ4n) is 3.07. The molecule has 7 heteroatoms. The van der Waals surface area contributed by atoms with Gasteiger partial charge in [0, 0.05) is 37.2 Å². The van der Waals surface area contributed by atoms with Gasteiger partial charge in [0.1, 0.15) is 6.33 Å². The number of carbonyl (C=O) groups excluding carboxylic acids is 2. The molecule has 3 heterocycles. The monoisotopic (exact) mass is 347 g/mol. The molecule has 0 fully saturated rings. The number of unbranched alkanes of at least 4 members (excludes halogenated alkanes) is 1. The van der Waals surface area contributed by atoms with E-state index in [1.54, 1.807) is 43.0 Å². The number of rotatable bonds is 6. The minimum absolute atomic E-state index is 0.195. The Hall–Kier alpha value is -3.35. The number of hydrogen-bond acceptors (Lipinski definition) is 5. The summed E-state index contributed by atoms with van der Waals surface area (Å²) in [6, 6.07) is 6.97. The van der Waals surface area contributed by atoms with Crippen molar-refractivity contribution < 1.29 is 9.59 Å². The third kappa shape index (κ3) is 2.99. The van der Waals surface area contributed by atoms with E-state index in [0.717, 1.165) is 30.6 Å². The Morgan fingerprint density at radius 3 is 2.23 bits per heavy atom. The van der Waals surface area contributed by atoms with Crippen LogP contribution in [0.1, 0.15) is 33.6 Å². The van der Waals surface area contributed by atoms with E-state index in [-0.39, 0.29) is 11.8 Å². The number of imidazole rings is 1. The third-order valence-electron chi connectivity index (χ3n) is 4.42. The van der Waals surface area contributed by atoms with Crippen molar-refractivity contribution in [3.63, 3.8) is 0 Å². The highest BCUT2D eigenvalue weighted by Gasteiger charge is 2.34. The Morgan fingerprint density at radius 1 is 0.885 bits per heavy atom. The van der Waals surface area contributed by atoms with E-state index >= 15 is 0 Å². The van der Waals surface area contributed by atoms with Crippen molar-refractivity contribution in [1.82, 2.24) is 24.4 Å². The summed E-state index contributed by atoms with van der Waals surface area (Å²) < 4.78 is 1.99. The van der Waals surface area contributed by atoms with Crippen LogP contribution in [0.25, 0.3) is 11.3 Å². The molecular formula is C19H17N5O2. The zero-order valence-corrected chi connectivity index (χ0v) is 14.1. The fraction of sp³-hybridized carbons (Fsp3) is 0.211. The van der Waals surface area contributed by atoms with Gasteiger partial charge >= 0.3 is 0 Å². The number of fused-ring (bicyclic) bond motifs is 1. The molecule has 0 radical (unpaired) electrons. The first-order chi connectivity index (χ1) is 12.7. The minimum atomic E-state index is -0.195. The van der Waals surface area contributed by atoms with Gasteiger partial charge in [-0.1, -0.05) is 12.1 Å². The van der Waals surface area contributed by atoms with Gasteiger partial charge in [0.15, 0.2) is 0 Å². The molecule has 2 amide bonds. The predicted octanol–water partition coefficient (Wildman–Crippen LogP) is 2.42. The number of aromatic nitrogens is 4. The van der Waals surface area contributed by atoms with Crippen LogP contribution in [-0.4, -0.2) is 42.8 Å². The number of aryl methyl sites for hydroxylation is 1. The topological polar surface area (TPSA) is 81.0 Å². The number of carbonyl (C=O) groups is 2. The highest BCUT2D eigenvalue weighted by atomic mass is 16.2. The van der Waals surface area contributed by atoms with Gasteiger partial charge in [-0.2, -0.15) is 0 Å². The Kier molecular flexibility index (Phi) is 4.27. The molecule has 0 saturated carbocycles. The maximum Gasteiger partial charge on any atom is 0.261 e. The first-order valence-corrected chi connectivity index (χ1v) is 8.46. The molecule has 0 atom stereocenters. The zero-order chi connectivity index (χ0) is 17.9. The Bertz CT molecular complexity index is 916. The van der Waals surface area contributed by atoms with Crippen LogP contribution in [0.2, 0.25) is 0 Å². The molecule has 0 unspecified atom stereocenters. The summed E-state index contributed by atoms with van der Waals surface area (Å²) in [6.45, 7) is 1.20. The lowest BCUT2D eigenvalue weighted by molar-refractivity contribution is 0.0651. The molecule has 2 aromatic heterocycles. The second kappa shape index (κ2) is 6.87. The van der Waals surface area contributed by atoms with Crippen LogP contribution < -0.4 is 0 Å². The van der Waals surface area contributed by atoms with E-state index in [1.165, 1.54) is 11.2 Å². The Morgan fingerprint density at radius 2 is 1.54 bits per heavy atom. The predicted molar refractivity (Wildman–Crippen MR) is 94.3 cm³/mol. The largest absolute Gasteiger partial charge is 0.337 e. The zero-order valence-electron chi connectivity index (χ0n) is 14.1. The quantitative estimate of drug-likeness (QED) is 0.505. The molecule has 4 rings (SSSR count). The lowest BCUT2D eigenvalue weighted by Crippen LogP contribution is -2.30. The fourth-order valence-corrected chi connectivity index (χ4v) is 3.07. The molecular weight excluding hydrogens is 330 g/mol. The Labute approximate surface area is 150 Å². The van der Waals surface area contributed by atoms with E-state index in [9.17, 15) is 9.59 Å². The van der Waals surface area contributed by atoms with Crippen LogP contribution in [0.3, 0.4) is 0 Å². The summed E-state index contributed by atoms with van der Waals surface area (Å²) in [5.41, 5.74) is 2.70. The van der Waals surface area contributed by atoms with Crippen LogP contribution in [-0.2, 0) is 6.54 Å². The first kappa shape index (κ1) is 16.1. The molecule has 0 aliphatic carbocycles. The standard InChI is InChI=1S/C19H17N5O2/c25-18-15-5-1-2-6-16(15)19(26)24(18)8-4-3-7-23-11-17(22-13-23)14-9-20-12-21-10-14/h1-2,5-6,9-13H,3-4,7-8H2. The molecule has 7 nitrogen and oxygen atoms in total. The van der Waals surface area contributed by atoms with Crippen molar-refractivity contribution in [2.24, 2.45) is 0 Å². The number of hydrogen-bond donors (Lipinski definition) is 0. The van der Waals surface area contributed by atoms with Crippen molar-refractivity contribution in [3.05, 3.63) is 66.6 Å². The van der Waals surface area contributed by atoms with Crippen molar-refractivity contribution in [2.75, 3.05) is 6.54 Å². The van der Waals surface area contributed by atoms with Gasteiger partial charge in [-0.3, -0.25) is 14.5 Å². The van der Waals surface area contributed by atoms with Gasteiger partial charge in [-0.25, -0.2) is 15.0 Å². The van der Waals surface area contributed by atoms with Crippen LogP contribution >= 0.6 is 0 Å². The third-order valence-corrected chi connectivity index (χ3v) is 4.42. The average Bonchev–Trinajstić information content (AvgIpc) is 3.25. The van der Waals surface area contributed by atoms with E-state index in [1.807, 2.05) is 10.8 Å². The summed E-state index contributed by atoms with van der Waals surface area (Å²) in [5, 5.41) is 0. The highest BCUT2D eigenvalue weighted by molar-refractivity contribution is 6.21. The van der Waals surface area contributed by atoms with Crippen LogP contribution in [0.4, 0.5) is 0 Å². The van der Waals surface area contributed by atoms with Gasteiger partial charge in [0.05, 0.1) is 23.1 Å². The van der Waals surface area contributed by atoms with E-state index in [2.05, 4.69) is 15.0 Å². The number of benzene rings is 1. The summed E-state index contributed by atoms with van der Waals surface area (Å²) in [5.74, 6) is -0.390. The normalized spacial score (nSPS) is 13.3. The van der Waals surface area contributed by atoms with Gasteiger partial charge < -0.3 is 4.57 Å². The van der Waals surface area contributed by atoms with Crippen molar-refractivity contribution in [1.29, 1.82) is 0 Å². The first-order valence-electron chi connectivity index (χ1n) is 8.46. The van der Waals surface area contributed by atoms with Crippen LogP contribution in [0, 0.1) is 0 Å². The summed E-state index contributed by atoms with van der Waals surface area (Å²) >= 11 is 0. The van der Waals surface area contributed by atoms with E-state index < -0.39 is 0 Å². The van der Waals surface area contributed by atoms with Crippen LogP contribution in [0.5, 0.6) is 0 Å². The van der Waals surface area contributed by atoms with Crippen LogP contribution in [0.15, 0.2) is 55.5 Å². The highest BCUT2D eigenvalue weighted by Crippen LogP contribution is 2.22. The lowest BCUT2D eigenvalue weighted by atomic mass is 10.1.